The molecule has 0 atom stereocenters. The number of allylic oxidation sites excluding steroid dienone is 4. The van der Waals surface area contributed by atoms with Gasteiger partial charge in [0.1, 0.15) is 13.2 Å². The molecular weight excluding hydrogens is 881 g/mol. The second-order valence-corrected chi connectivity index (χ2v) is 24.8. The van der Waals surface area contributed by atoms with Crippen molar-refractivity contribution in [1.29, 1.82) is 0 Å². The number of unbranched alkanes of at least 4 members (excludes halogenated alkanes) is 3. The molecule has 388 valence electrons. The van der Waals surface area contributed by atoms with Gasteiger partial charge in [0, 0.05) is 22.3 Å². The van der Waals surface area contributed by atoms with Gasteiger partial charge in [-0.1, -0.05) is 163 Å². The minimum absolute atomic E-state index is 0. The second-order valence-electron chi connectivity index (χ2n) is 15.2. The third-order valence-corrected chi connectivity index (χ3v) is 12.4. The van der Waals surface area contributed by atoms with E-state index in [0.29, 0.717) is 11.1 Å². The number of carbonyl (C=O) groups is 4. The minimum atomic E-state index is -1.12. The molecule has 68 heavy (non-hydrogen) atoms. The quantitative estimate of drug-likeness (QED) is 0.0203. The van der Waals surface area contributed by atoms with Crippen molar-refractivity contribution in [3.8, 4) is 0 Å². The largest absolute Gasteiger partial charge is 0.459 e. The van der Waals surface area contributed by atoms with Gasteiger partial charge in [-0.15, -0.1) is 39.5 Å². The number of rotatable bonds is 23. The van der Waals surface area contributed by atoms with Crippen molar-refractivity contribution >= 4 is 58.3 Å². The first-order chi connectivity index (χ1) is 29.3. The average molecular weight is 982 g/mol. The number of hydrogen-bond acceptors (Lipinski definition) is 8. The first-order valence-corrected chi connectivity index (χ1v) is 27.0. The molecule has 0 fully saturated rings. The molecule has 0 aliphatic carbocycles. The molecule has 0 aliphatic heterocycles. The Labute approximate surface area is 421 Å². The molecule has 0 heterocycles. The Morgan fingerprint density at radius 1 is 0.456 bits per heavy atom. The second kappa shape index (κ2) is 53.8. The van der Waals surface area contributed by atoms with E-state index in [9.17, 15) is 19.2 Å². The maximum atomic E-state index is 10.8. The summed E-state index contributed by atoms with van der Waals surface area (Å²) in [6, 6.07) is 8.52. The van der Waals surface area contributed by atoms with E-state index >= 15 is 0 Å². The van der Waals surface area contributed by atoms with Gasteiger partial charge in [0.15, 0.2) is 0 Å². The van der Waals surface area contributed by atoms with Crippen LogP contribution >= 0.6 is 0 Å². The lowest BCUT2D eigenvalue weighted by Crippen LogP contribution is -2.22. The van der Waals surface area contributed by atoms with Crippen LogP contribution in [0.15, 0.2) is 162 Å². The standard InChI is InChI=1S/C12H12.C10H14O4.C9H12O4.C8H16Si.C8H14.C6H12Si.5CH4/c1-4-10-7-11(5-2)9-12(6-3)8-10;1-7(2)9(11)13-5-6-14-10(12)8(3)4;1-6(2)8(10)12-5-13-9(11)7(3)4;1-5-7-9(3,4)8-6-2;1-3-5-7-8-6-4-2;1-5-7(3,4)6-2;;;;;/h4-9H,1-3H2;1,3,5-6H2,2,4H3;1,3,5H2,2,4H3;5-6H,1-2,7-8H2,3-4H3;3-4H,1-2,5-8H2;5-6H,1-2H2,3-4H3;5*1H4. The molecule has 10 heteroatoms. The van der Waals surface area contributed by atoms with E-state index in [4.69, 9.17) is 0 Å². The smallest absolute Gasteiger partial charge is 0.335 e. The van der Waals surface area contributed by atoms with Crippen LogP contribution in [0.5, 0.6) is 0 Å². The Hall–Kier alpha value is -5.85. The van der Waals surface area contributed by atoms with Gasteiger partial charge in [-0.25, -0.2) is 19.2 Å². The molecule has 0 radical (unpaired) electrons. The number of hydrogen-bond donors (Lipinski definition) is 0. The Bertz CT molecular complexity index is 1560. The molecule has 0 amide bonds. The Kier molecular flexibility index (Phi) is 67.6. The van der Waals surface area contributed by atoms with Crippen LogP contribution in [0.1, 0.15) is 107 Å². The molecular formula is C58H100O8Si2. The van der Waals surface area contributed by atoms with Crippen LogP contribution in [0, 0.1) is 0 Å². The van der Waals surface area contributed by atoms with E-state index in [1.807, 2.05) is 72.1 Å². The van der Waals surface area contributed by atoms with Crippen LogP contribution < -0.4 is 0 Å². The average Bonchev–Trinajstić information content (AvgIpc) is 3.24. The van der Waals surface area contributed by atoms with Gasteiger partial charge in [0.2, 0.25) is 6.79 Å². The van der Waals surface area contributed by atoms with Crippen molar-refractivity contribution in [1.82, 2.24) is 0 Å². The Morgan fingerprint density at radius 3 is 0.882 bits per heavy atom. The summed E-state index contributed by atoms with van der Waals surface area (Å²) in [4.78, 5) is 43.2. The van der Waals surface area contributed by atoms with Crippen molar-refractivity contribution in [3.63, 3.8) is 0 Å². The van der Waals surface area contributed by atoms with Gasteiger partial charge in [-0.3, -0.25) is 0 Å². The van der Waals surface area contributed by atoms with Gasteiger partial charge in [0.25, 0.3) is 0 Å². The molecule has 1 rings (SSSR count). The number of ether oxygens (including phenoxy) is 4. The van der Waals surface area contributed by atoms with E-state index in [1.54, 1.807) is 13.8 Å². The highest BCUT2D eigenvalue weighted by molar-refractivity contribution is 6.86. The maximum absolute atomic E-state index is 10.8. The predicted molar refractivity (Wildman–Crippen MR) is 313 cm³/mol. The molecule has 1 aromatic rings. The summed E-state index contributed by atoms with van der Waals surface area (Å²) in [6.45, 7) is 61.6. The summed E-state index contributed by atoms with van der Waals surface area (Å²) in [5.74, 6) is -2.16. The molecule has 0 aromatic heterocycles. The third-order valence-electron chi connectivity index (χ3n) is 7.54. The van der Waals surface area contributed by atoms with Gasteiger partial charge < -0.3 is 18.9 Å². The van der Waals surface area contributed by atoms with E-state index in [0.717, 1.165) is 29.5 Å². The topological polar surface area (TPSA) is 105 Å². The molecule has 0 bridgehead atoms. The van der Waals surface area contributed by atoms with Crippen LogP contribution in [-0.4, -0.2) is 60.0 Å². The minimum Gasteiger partial charge on any atom is -0.459 e. The highest BCUT2D eigenvalue weighted by atomic mass is 28.3. The molecule has 0 saturated carbocycles. The summed E-state index contributed by atoms with van der Waals surface area (Å²) in [5.41, 5.74) is 8.47. The lowest BCUT2D eigenvalue weighted by molar-refractivity contribution is -0.161. The van der Waals surface area contributed by atoms with Gasteiger partial charge in [-0.2, -0.15) is 0 Å². The fraction of sp³-hybridized carbons (Fsp3) is 0.379. The monoisotopic (exact) mass is 981 g/mol. The summed E-state index contributed by atoms with van der Waals surface area (Å²) in [7, 11) is -2.06. The van der Waals surface area contributed by atoms with Gasteiger partial charge in [-0.05, 0) is 100 Å². The molecule has 0 spiro atoms. The first kappa shape index (κ1) is 85.5. The Balaban J connectivity index is -0.0000000742. The predicted octanol–water partition coefficient (Wildman–Crippen LogP) is 17.3. The zero-order chi connectivity index (χ0) is 50.0. The Morgan fingerprint density at radius 2 is 0.706 bits per heavy atom. The molecule has 0 unspecified atom stereocenters. The molecule has 1 aromatic carbocycles. The zero-order valence-corrected chi connectivity index (χ0v) is 42.3. The van der Waals surface area contributed by atoms with Crippen molar-refractivity contribution in [3.05, 3.63) is 178 Å². The van der Waals surface area contributed by atoms with Crippen molar-refractivity contribution in [2.45, 2.75) is 129 Å². The van der Waals surface area contributed by atoms with E-state index in [-0.39, 0.29) is 61.5 Å². The van der Waals surface area contributed by atoms with Crippen LogP contribution in [0.25, 0.3) is 18.2 Å². The summed E-state index contributed by atoms with van der Waals surface area (Å²) < 4.78 is 18.4. The fourth-order valence-electron chi connectivity index (χ4n) is 3.48. The summed E-state index contributed by atoms with van der Waals surface area (Å²) in [5, 5.41) is 0. The highest BCUT2D eigenvalue weighted by Gasteiger charge is 2.15. The van der Waals surface area contributed by atoms with Crippen LogP contribution in [0.2, 0.25) is 38.3 Å². The number of benzene rings is 1. The van der Waals surface area contributed by atoms with E-state index in [1.165, 1.54) is 38.8 Å². The molecule has 0 aliphatic rings. The third kappa shape index (κ3) is 58.2. The van der Waals surface area contributed by atoms with E-state index < -0.39 is 46.8 Å². The fourth-order valence-corrected chi connectivity index (χ4v) is 5.38. The van der Waals surface area contributed by atoms with Crippen LogP contribution in [-0.2, 0) is 38.1 Å². The van der Waals surface area contributed by atoms with Crippen molar-refractivity contribution in [2.75, 3.05) is 20.0 Å². The lowest BCUT2D eigenvalue weighted by atomic mass is 10.1. The molecule has 0 saturated heterocycles. The molecule has 0 N–H and O–H groups in total. The lowest BCUT2D eigenvalue weighted by Gasteiger charge is -2.16. The molecule has 8 nitrogen and oxygen atoms in total. The van der Waals surface area contributed by atoms with Crippen LogP contribution in [0.3, 0.4) is 0 Å². The SMILES string of the molecule is C.C.C.C.C.C=C(C)C(=O)OCCOC(=O)C(=C)C.C=C(C)C(=O)OCOC(=O)C(=C)C.C=CCCCCC=C.C=CC[Si](C)(C)CC=C.C=C[Si](C)(C)C=C.C=Cc1cc(C=C)cc(C=C)c1. The normalized spacial score (nSPS) is 8.65. The van der Waals surface area contributed by atoms with Crippen molar-refractivity contribution in [2.24, 2.45) is 0 Å². The van der Waals surface area contributed by atoms with Gasteiger partial charge >= 0.3 is 23.9 Å². The van der Waals surface area contributed by atoms with Gasteiger partial charge in [0.05, 0.1) is 16.1 Å². The highest BCUT2D eigenvalue weighted by Crippen LogP contribution is 2.15. The number of carbonyl (C=O) groups excluding carboxylic acids is 4. The maximum Gasteiger partial charge on any atom is 0.335 e. The number of esters is 4. The van der Waals surface area contributed by atoms with Crippen molar-refractivity contribution < 1.29 is 38.1 Å². The summed E-state index contributed by atoms with van der Waals surface area (Å²) >= 11 is 0. The van der Waals surface area contributed by atoms with E-state index in [2.05, 4.69) is 131 Å². The zero-order valence-electron chi connectivity index (χ0n) is 40.3. The first-order valence-electron chi connectivity index (χ1n) is 20.4. The summed E-state index contributed by atoms with van der Waals surface area (Å²) in [6.07, 6.45) is 18.2. The van der Waals surface area contributed by atoms with Crippen LogP contribution in [0.4, 0.5) is 0 Å².